The van der Waals surface area contributed by atoms with Crippen LogP contribution in [0.4, 0.5) is 0 Å². The maximum absolute atomic E-state index is 10.8. The van der Waals surface area contributed by atoms with E-state index in [0.717, 1.165) is 5.57 Å². The van der Waals surface area contributed by atoms with E-state index in [2.05, 4.69) is 0 Å². The molecule has 0 aromatic carbocycles. The molecule has 1 aliphatic rings. The topological polar surface area (TPSA) is 35.5 Å². The van der Waals surface area contributed by atoms with Gasteiger partial charge < -0.3 is 9.47 Å². The van der Waals surface area contributed by atoms with Gasteiger partial charge >= 0.3 is 0 Å². The van der Waals surface area contributed by atoms with Gasteiger partial charge in [0.2, 0.25) is 0 Å². The van der Waals surface area contributed by atoms with Crippen molar-refractivity contribution < 1.29 is 13.7 Å². The van der Waals surface area contributed by atoms with E-state index in [1.807, 2.05) is 6.92 Å². The van der Waals surface area contributed by atoms with E-state index in [9.17, 15) is 4.21 Å². The molecule has 0 aromatic rings. The first-order valence-electron chi connectivity index (χ1n) is 3.16. The number of ether oxygens (including phenoxy) is 2. The third-order valence-corrected chi connectivity index (χ3v) is 2.08. The molecule has 1 unspecified atom stereocenters. The van der Waals surface area contributed by atoms with Crippen LogP contribution >= 0.6 is 0 Å². The second kappa shape index (κ2) is 3.57. The molecule has 0 aromatic heterocycles. The largest absolute Gasteiger partial charge is 0.504 e. The van der Waals surface area contributed by atoms with Crippen molar-refractivity contribution >= 4 is 10.8 Å². The van der Waals surface area contributed by atoms with Gasteiger partial charge in [-0.2, -0.15) is 0 Å². The molecule has 1 heterocycles. The standard InChI is InChI=1S/C7H10O3S/c1-6(3-9-2)7-4-11(8)5-10-7/h3-4H,5H2,1-2H3/b6-3+. The summed E-state index contributed by atoms with van der Waals surface area (Å²) in [7, 11) is 0.608. The third kappa shape index (κ3) is 2.08. The van der Waals surface area contributed by atoms with Gasteiger partial charge in [-0.1, -0.05) is 0 Å². The van der Waals surface area contributed by atoms with Crippen LogP contribution in [-0.2, 0) is 20.3 Å². The monoisotopic (exact) mass is 174 g/mol. The second-order valence-corrected chi connectivity index (χ2v) is 3.39. The molecule has 0 spiro atoms. The average molecular weight is 174 g/mol. The van der Waals surface area contributed by atoms with Crippen molar-refractivity contribution in [2.75, 3.05) is 13.0 Å². The number of hydrogen-bond acceptors (Lipinski definition) is 3. The highest BCUT2D eigenvalue weighted by Gasteiger charge is 2.12. The lowest BCUT2D eigenvalue weighted by atomic mass is 10.3. The molecule has 11 heavy (non-hydrogen) atoms. The van der Waals surface area contributed by atoms with Gasteiger partial charge in [-0.3, -0.25) is 4.21 Å². The Balaban J connectivity index is 2.69. The van der Waals surface area contributed by atoms with E-state index in [0.29, 0.717) is 5.76 Å². The number of allylic oxidation sites excluding steroid dienone is 1. The van der Waals surface area contributed by atoms with Crippen LogP contribution in [0, 0.1) is 0 Å². The molecule has 0 bridgehead atoms. The molecule has 62 valence electrons. The molecule has 1 atom stereocenters. The highest BCUT2D eigenvalue weighted by atomic mass is 32.2. The lowest BCUT2D eigenvalue weighted by molar-refractivity contribution is 0.279. The van der Waals surface area contributed by atoms with E-state index in [1.165, 1.54) is 0 Å². The molecule has 1 aliphatic heterocycles. The zero-order chi connectivity index (χ0) is 8.27. The van der Waals surface area contributed by atoms with Gasteiger partial charge in [-0.05, 0) is 6.92 Å². The van der Waals surface area contributed by atoms with E-state index < -0.39 is 10.8 Å². The minimum Gasteiger partial charge on any atom is -0.504 e. The van der Waals surface area contributed by atoms with Crippen LogP contribution < -0.4 is 0 Å². The SMILES string of the molecule is CO/C=C(\C)C1=CS(=O)CO1. The molecule has 1 rings (SSSR count). The van der Waals surface area contributed by atoms with E-state index in [-0.39, 0.29) is 5.94 Å². The van der Waals surface area contributed by atoms with Gasteiger partial charge in [0.1, 0.15) is 5.76 Å². The lowest BCUT2D eigenvalue weighted by Crippen LogP contribution is -1.89. The van der Waals surface area contributed by atoms with Crippen LogP contribution in [0.15, 0.2) is 23.0 Å². The van der Waals surface area contributed by atoms with Gasteiger partial charge in [-0.25, -0.2) is 0 Å². The Morgan fingerprint density at radius 3 is 3.09 bits per heavy atom. The first kappa shape index (κ1) is 8.33. The predicted octanol–water partition coefficient (Wildman–Crippen LogP) is 1.11. The zero-order valence-electron chi connectivity index (χ0n) is 6.49. The molecular weight excluding hydrogens is 164 g/mol. The predicted molar refractivity (Wildman–Crippen MR) is 42.9 cm³/mol. The van der Waals surface area contributed by atoms with Gasteiger partial charge in [0.25, 0.3) is 0 Å². The van der Waals surface area contributed by atoms with Crippen LogP contribution in [0.2, 0.25) is 0 Å². The maximum atomic E-state index is 10.8. The Hall–Kier alpha value is -0.770. The molecule has 0 amide bonds. The second-order valence-electron chi connectivity index (χ2n) is 2.16. The first-order valence-corrected chi connectivity index (χ1v) is 4.54. The minimum atomic E-state index is -0.958. The summed E-state index contributed by atoms with van der Waals surface area (Å²) < 4.78 is 20.7. The fourth-order valence-corrected chi connectivity index (χ4v) is 1.55. The Bertz CT molecular complexity index is 230. The average Bonchev–Trinajstić information content (AvgIpc) is 2.36. The van der Waals surface area contributed by atoms with Crippen LogP contribution in [0.5, 0.6) is 0 Å². The van der Waals surface area contributed by atoms with Gasteiger partial charge in [0, 0.05) is 11.0 Å². The summed E-state index contributed by atoms with van der Waals surface area (Å²) >= 11 is 0. The molecule has 0 fully saturated rings. The van der Waals surface area contributed by atoms with Gasteiger partial charge in [0.15, 0.2) is 5.94 Å². The number of methoxy groups -OCH3 is 1. The summed E-state index contributed by atoms with van der Waals surface area (Å²) in [6.07, 6.45) is 1.56. The highest BCUT2D eigenvalue weighted by Crippen LogP contribution is 2.17. The van der Waals surface area contributed by atoms with Crippen LogP contribution in [0.25, 0.3) is 0 Å². The van der Waals surface area contributed by atoms with E-state index >= 15 is 0 Å². The maximum Gasteiger partial charge on any atom is 0.167 e. The summed E-state index contributed by atoms with van der Waals surface area (Å²) in [6.45, 7) is 1.85. The summed E-state index contributed by atoms with van der Waals surface area (Å²) in [5.74, 6) is 0.926. The normalized spacial score (nSPS) is 24.4. The Kier molecular flexibility index (Phi) is 2.70. The quantitative estimate of drug-likeness (QED) is 0.588. The Labute approximate surface area is 68.1 Å². The van der Waals surface area contributed by atoms with Crippen molar-refractivity contribution in [2.24, 2.45) is 0 Å². The van der Waals surface area contributed by atoms with Crippen molar-refractivity contribution in [2.45, 2.75) is 6.92 Å². The molecule has 0 aliphatic carbocycles. The lowest BCUT2D eigenvalue weighted by Gasteiger charge is -2.00. The van der Waals surface area contributed by atoms with E-state index in [4.69, 9.17) is 9.47 Å². The van der Waals surface area contributed by atoms with Crippen molar-refractivity contribution in [3.8, 4) is 0 Å². The summed E-state index contributed by atoms with van der Waals surface area (Å²) in [6, 6.07) is 0. The first-order chi connectivity index (χ1) is 5.24. The molecular formula is C7H10O3S. The molecule has 0 saturated heterocycles. The van der Waals surface area contributed by atoms with Gasteiger partial charge in [0.05, 0.1) is 24.2 Å². The summed E-state index contributed by atoms with van der Waals surface area (Å²) in [4.78, 5) is 0. The van der Waals surface area contributed by atoms with Gasteiger partial charge in [-0.15, -0.1) is 0 Å². The minimum absolute atomic E-state index is 0.268. The van der Waals surface area contributed by atoms with Crippen molar-refractivity contribution in [1.82, 2.24) is 0 Å². The Morgan fingerprint density at radius 2 is 2.64 bits per heavy atom. The molecule has 0 saturated carbocycles. The smallest absolute Gasteiger partial charge is 0.167 e. The van der Waals surface area contributed by atoms with E-state index in [1.54, 1.807) is 18.8 Å². The van der Waals surface area contributed by atoms with Crippen molar-refractivity contribution in [3.05, 3.63) is 23.0 Å². The molecule has 3 nitrogen and oxygen atoms in total. The van der Waals surface area contributed by atoms with Crippen LogP contribution in [-0.4, -0.2) is 17.3 Å². The molecule has 0 radical (unpaired) electrons. The fourth-order valence-electron chi connectivity index (χ4n) is 0.751. The van der Waals surface area contributed by atoms with Crippen molar-refractivity contribution in [1.29, 1.82) is 0 Å². The highest BCUT2D eigenvalue weighted by molar-refractivity contribution is 7.88. The van der Waals surface area contributed by atoms with Crippen LogP contribution in [0.1, 0.15) is 6.92 Å². The Morgan fingerprint density at radius 1 is 1.91 bits per heavy atom. The third-order valence-electron chi connectivity index (χ3n) is 1.25. The molecule has 4 heteroatoms. The summed E-state index contributed by atoms with van der Waals surface area (Å²) in [5, 5.41) is 1.59. The van der Waals surface area contributed by atoms with Crippen LogP contribution in [0.3, 0.4) is 0 Å². The van der Waals surface area contributed by atoms with Crippen molar-refractivity contribution in [3.63, 3.8) is 0 Å². The fraction of sp³-hybridized carbons (Fsp3) is 0.429. The molecule has 0 N–H and O–H groups in total. The number of rotatable bonds is 2. The summed E-state index contributed by atoms with van der Waals surface area (Å²) in [5.41, 5.74) is 0.860. The number of hydrogen-bond donors (Lipinski definition) is 0. The zero-order valence-corrected chi connectivity index (χ0v) is 7.31.